The lowest BCUT2D eigenvalue weighted by Gasteiger charge is -2.03. The summed E-state index contributed by atoms with van der Waals surface area (Å²) in [5, 5.41) is 9.04. The van der Waals surface area contributed by atoms with Gasteiger partial charge in [0.25, 0.3) is 0 Å². The summed E-state index contributed by atoms with van der Waals surface area (Å²) >= 11 is 0. The van der Waals surface area contributed by atoms with Gasteiger partial charge in [0.2, 0.25) is 0 Å². The minimum absolute atomic E-state index is 0.0426. The Kier molecular flexibility index (Phi) is 5.44. The SMILES string of the molecule is COc1ccc(N=C(C)C(C)=Nc2ccc(CO)cc2)cc1. The fourth-order valence-corrected chi connectivity index (χ4v) is 1.88. The highest BCUT2D eigenvalue weighted by atomic mass is 16.5. The first kappa shape index (κ1) is 15.9. The summed E-state index contributed by atoms with van der Waals surface area (Å²) in [5.74, 6) is 0.811. The van der Waals surface area contributed by atoms with Crippen molar-refractivity contribution in [2.45, 2.75) is 20.5 Å². The van der Waals surface area contributed by atoms with Gasteiger partial charge in [0.15, 0.2) is 0 Å². The van der Waals surface area contributed by atoms with Crippen molar-refractivity contribution in [3.05, 3.63) is 54.1 Å². The number of ether oxygens (including phenoxy) is 1. The normalized spacial score (nSPS) is 12.4. The highest BCUT2D eigenvalue weighted by Gasteiger charge is 2.00. The zero-order valence-electron chi connectivity index (χ0n) is 13.1. The van der Waals surface area contributed by atoms with Crippen LogP contribution in [0.15, 0.2) is 58.5 Å². The summed E-state index contributed by atoms with van der Waals surface area (Å²) < 4.78 is 5.13. The Balaban J connectivity index is 2.16. The number of hydrogen-bond donors (Lipinski definition) is 1. The van der Waals surface area contributed by atoms with Crippen molar-refractivity contribution in [3.8, 4) is 5.75 Å². The van der Waals surface area contributed by atoms with Crippen LogP contribution in [-0.4, -0.2) is 23.6 Å². The Hall–Kier alpha value is -2.46. The molecule has 0 aromatic heterocycles. The second-order valence-electron chi connectivity index (χ2n) is 4.92. The van der Waals surface area contributed by atoms with Crippen LogP contribution in [0.4, 0.5) is 11.4 Å². The Bertz CT molecular complexity index is 610. The third kappa shape index (κ3) is 4.27. The van der Waals surface area contributed by atoms with Crippen molar-refractivity contribution < 1.29 is 9.84 Å². The number of rotatable bonds is 5. The third-order valence-corrected chi connectivity index (χ3v) is 3.31. The fourth-order valence-electron chi connectivity index (χ4n) is 1.88. The molecule has 0 saturated heterocycles. The average Bonchev–Trinajstić information content (AvgIpc) is 2.56. The van der Waals surface area contributed by atoms with Gasteiger partial charge in [0, 0.05) is 0 Å². The lowest BCUT2D eigenvalue weighted by atomic mass is 10.2. The number of aliphatic hydroxyl groups excluding tert-OH is 1. The molecule has 4 heteroatoms. The van der Waals surface area contributed by atoms with Crippen molar-refractivity contribution >= 4 is 22.8 Å². The first-order chi connectivity index (χ1) is 10.6. The first-order valence-electron chi connectivity index (χ1n) is 7.07. The van der Waals surface area contributed by atoms with Crippen LogP contribution in [-0.2, 0) is 6.61 Å². The van der Waals surface area contributed by atoms with Crippen LogP contribution in [0.3, 0.4) is 0 Å². The minimum Gasteiger partial charge on any atom is -0.497 e. The monoisotopic (exact) mass is 296 g/mol. The maximum absolute atomic E-state index is 9.04. The molecule has 114 valence electrons. The smallest absolute Gasteiger partial charge is 0.119 e. The first-order valence-corrected chi connectivity index (χ1v) is 7.07. The van der Waals surface area contributed by atoms with Gasteiger partial charge in [0.1, 0.15) is 5.75 Å². The zero-order valence-corrected chi connectivity index (χ0v) is 13.1. The van der Waals surface area contributed by atoms with Crippen molar-refractivity contribution in [1.29, 1.82) is 0 Å². The van der Waals surface area contributed by atoms with Crippen LogP contribution in [0.2, 0.25) is 0 Å². The quantitative estimate of drug-likeness (QED) is 0.845. The van der Waals surface area contributed by atoms with Gasteiger partial charge in [-0.3, -0.25) is 9.98 Å². The van der Waals surface area contributed by atoms with Gasteiger partial charge in [-0.1, -0.05) is 12.1 Å². The van der Waals surface area contributed by atoms with Crippen LogP contribution in [0, 0.1) is 0 Å². The maximum Gasteiger partial charge on any atom is 0.119 e. The Morgan fingerprint density at radius 3 is 1.73 bits per heavy atom. The molecule has 2 rings (SSSR count). The van der Waals surface area contributed by atoms with Crippen molar-refractivity contribution in [2.75, 3.05) is 7.11 Å². The van der Waals surface area contributed by atoms with E-state index >= 15 is 0 Å². The number of hydrogen-bond acceptors (Lipinski definition) is 4. The molecular weight excluding hydrogens is 276 g/mol. The summed E-state index contributed by atoms with van der Waals surface area (Å²) in [7, 11) is 1.64. The number of benzene rings is 2. The molecule has 2 aromatic rings. The summed E-state index contributed by atoms with van der Waals surface area (Å²) in [6, 6.07) is 15.1. The summed E-state index contributed by atoms with van der Waals surface area (Å²) in [4.78, 5) is 9.10. The standard InChI is InChI=1S/C18H20N2O2/c1-13(19-16-6-4-15(12-21)5-7-16)14(2)20-17-8-10-18(22-3)11-9-17/h4-11,21H,12H2,1-3H3. The zero-order chi connectivity index (χ0) is 15.9. The molecule has 0 unspecified atom stereocenters. The molecular formula is C18H20N2O2. The molecule has 22 heavy (non-hydrogen) atoms. The van der Waals surface area contributed by atoms with E-state index in [4.69, 9.17) is 9.84 Å². The van der Waals surface area contributed by atoms with Crippen LogP contribution in [0.5, 0.6) is 5.75 Å². The topological polar surface area (TPSA) is 54.2 Å². The molecule has 2 aromatic carbocycles. The van der Waals surface area contributed by atoms with Gasteiger partial charge in [-0.15, -0.1) is 0 Å². The van der Waals surface area contributed by atoms with E-state index in [0.717, 1.165) is 34.1 Å². The van der Waals surface area contributed by atoms with E-state index in [-0.39, 0.29) is 6.61 Å². The van der Waals surface area contributed by atoms with Crippen molar-refractivity contribution in [3.63, 3.8) is 0 Å². The summed E-state index contributed by atoms with van der Waals surface area (Å²) in [5.41, 5.74) is 4.30. The van der Waals surface area contributed by atoms with Crippen molar-refractivity contribution in [2.24, 2.45) is 9.98 Å². The second-order valence-corrected chi connectivity index (χ2v) is 4.92. The molecule has 0 aliphatic heterocycles. The van der Waals surface area contributed by atoms with Crippen LogP contribution < -0.4 is 4.74 Å². The second kappa shape index (κ2) is 7.52. The average molecular weight is 296 g/mol. The predicted octanol–water partition coefficient (Wildman–Crippen LogP) is 4.07. The molecule has 0 bridgehead atoms. The van der Waals surface area contributed by atoms with Crippen molar-refractivity contribution in [1.82, 2.24) is 0 Å². The summed E-state index contributed by atoms with van der Waals surface area (Å²) in [6.45, 7) is 3.91. The van der Waals surface area contributed by atoms with Gasteiger partial charge in [-0.05, 0) is 55.8 Å². The molecule has 0 fully saturated rings. The lowest BCUT2D eigenvalue weighted by Crippen LogP contribution is -2.04. The van der Waals surface area contributed by atoms with Crippen LogP contribution in [0.1, 0.15) is 19.4 Å². The molecule has 0 spiro atoms. The number of aliphatic imine (C=N–C) groups is 2. The van der Waals surface area contributed by atoms with E-state index in [2.05, 4.69) is 9.98 Å². The van der Waals surface area contributed by atoms with E-state index in [0.29, 0.717) is 0 Å². The number of aliphatic hydroxyl groups is 1. The molecule has 0 atom stereocenters. The van der Waals surface area contributed by atoms with Gasteiger partial charge in [-0.2, -0.15) is 0 Å². The molecule has 0 aliphatic rings. The van der Waals surface area contributed by atoms with E-state index in [1.54, 1.807) is 7.11 Å². The minimum atomic E-state index is 0.0426. The molecule has 4 nitrogen and oxygen atoms in total. The molecule has 0 saturated carbocycles. The van der Waals surface area contributed by atoms with E-state index in [9.17, 15) is 0 Å². The Labute approximate surface area is 130 Å². The third-order valence-electron chi connectivity index (χ3n) is 3.31. The molecule has 0 radical (unpaired) electrons. The molecule has 1 N–H and O–H groups in total. The van der Waals surface area contributed by atoms with Gasteiger partial charge < -0.3 is 9.84 Å². The highest BCUT2D eigenvalue weighted by molar-refractivity contribution is 6.41. The predicted molar refractivity (Wildman–Crippen MR) is 90.9 cm³/mol. The fraction of sp³-hybridized carbons (Fsp3) is 0.222. The van der Waals surface area contributed by atoms with Crippen LogP contribution in [0.25, 0.3) is 0 Å². The van der Waals surface area contributed by atoms with Gasteiger partial charge >= 0.3 is 0 Å². The maximum atomic E-state index is 9.04. The van der Waals surface area contributed by atoms with Crippen LogP contribution >= 0.6 is 0 Å². The van der Waals surface area contributed by atoms with Gasteiger partial charge in [-0.25, -0.2) is 0 Å². The largest absolute Gasteiger partial charge is 0.497 e. The Morgan fingerprint density at radius 2 is 1.32 bits per heavy atom. The van der Waals surface area contributed by atoms with E-state index in [1.807, 2.05) is 62.4 Å². The number of methoxy groups -OCH3 is 1. The van der Waals surface area contributed by atoms with Gasteiger partial charge in [0.05, 0.1) is 36.5 Å². The number of nitrogens with zero attached hydrogens (tertiary/aromatic N) is 2. The van der Waals surface area contributed by atoms with E-state index in [1.165, 1.54) is 0 Å². The Morgan fingerprint density at radius 1 is 0.864 bits per heavy atom. The van der Waals surface area contributed by atoms with E-state index < -0.39 is 0 Å². The molecule has 0 amide bonds. The lowest BCUT2D eigenvalue weighted by molar-refractivity contribution is 0.282. The highest BCUT2D eigenvalue weighted by Crippen LogP contribution is 2.19. The molecule has 0 heterocycles. The summed E-state index contributed by atoms with van der Waals surface area (Å²) in [6.07, 6.45) is 0. The molecule has 0 aliphatic carbocycles.